The molecule has 6 heteroatoms. The molecule has 0 spiro atoms. The molecule has 0 saturated heterocycles. The predicted molar refractivity (Wildman–Crippen MR) is 69.0 cm³/mol. The molecule has 0 saturated carbocycles. The number of nitrogens with two attached hydrogens (primary N) is 1. The van der Waals surface area contributed by atoms with Crippen molar-refractivity contribution in [2.45, 2.75) is 18.9 Å². The molecular formula is C12H17ClF2N2O. The Hall–Kier alpha value is -1.20. The number of hydrogen-bond acceptors (Lipinski definition) is 2. The Labute approximate surface area is 111 Å². The first kappa shape index (κ1) is 16.8. The highest BCUT2D eigenvalue weighted by Crippen LogP contribution is 2.05. The van der Waals surface area contributed by atoms with Gasteiger partial charge in [0.15, 0.2) is 0 Å². The van der Waals surface area contributed by atoms with Gasteiger partial charge in [-0.1, -0.05) is 30.3 Å². The minimum Gasteiger partial charge on any atom is -0.339 e. The molecule has 1 aromatic carbocycles. The van der Waals surface area contributed by atoms with E-state index < -0.39 is 24.9 Å². The summed E-state index contributed by atoms with van der Waals surface area (Å²) in [5.74, 6) is -0.464. The SMILES string of the molecule is CN(CC(F)F)C(=O)C(N)Cc1ccccc1.Cl. The van der Waals surface area contributed by atoms with E-state index in [4.69, 9.17) is 5.73 Å². The molecule has 18 heavy (non-hydrogen) atoms. The van der Waals surface area contributed by atoms with Crippen molar-refractivity contribution in [3.63, 3.8) is 0 Å². The third kappa shape index (κ3) is 5.42. The van der Waals surface area contributed by atoms with Gasteiger partial charge < -0.3 is 10.6 Å². The summed E-state index contributed by atoms with van der Waals surface area (Å²) < 4.78 is 24.2. The molecule has 1 unspecified atom stereocenters. The zero-order chi connectivity index (χ0) is 12.8. The van der Waals surface area contributed by atoms with Crippen molar-refractivity contribution in [1.29, 1.82) is 0 Å². The topological polar surface area (TPSA) is 46.3 Å². The monoisotopic (exact) mass is 278 g/mol. The number of halogens is 3. The minimum absolute atomic E-state index is 0. The van der Waals surface area contributed by atoms with Crippen LogP contribution in [0.2, 0.25) is 0 Å². The van der Waals surface area contributed by atoms with Crippen LogP contribution < -0.4 is 5.73 Å². The Morgan fingerprint density at radius 3 is 2.39 bits per heavy atom. The Balaban J connectivity index is 0.00000289. The van der Waals surface area contributed by atoms with Gasteiger partial charge in [-0.25, -0.2) is 8.78 Å². The molecule has 102 valence electrons. The third-order valence-electron chi connectivity index (χ3n) is 2.40. The van der Waals surface area contributed by atoms with Crippen molar-refractivity contribution in [1.82, 2.24) is 4.90 Å². The van der Waals surface area contributed by atoms with Crippen LogP contribution in [0.25, 0.3) is 0 Å². The van der Waals surface area contributed by atoms with Crippen molar-refractivity contribution >= 4 is 18.3 Å². The van der Waals surface area contributed by atoms with Gasteiger partial charge in [0.2, 0.25) is 5.91 Å². The van der Waals surface area contributed by atoms with Crippen molar-refractivity contribution in [3.8, 4) is 0 Å². The van der Waals surface area contributed by atoms with Crippen LogP contribution >= 0.6 is 12.4 Å². The number of rotatable bonds is 5. The Morgan fingerprint density at radius 1 is 1.33 bits per heavy atom. The molecule has 1 aromatic rings. The van der Waals surface area contributed by atoms with Gasteiger partial charge in [-0.3, -0.25) is 4.79 Å². The highest BCUT2D eigenvalue weighted by Gasteiger charge is 2.20. The van der Waals surface area contributed by atoms with Gasteiger partial charge in [0, 0.05) is 7.05 Å². The van der Waals surface area contributed by atoms with Gasteiger partial charge >= 0.3 is 0 Å². The lowest BCUT2D eigenvalue weighted by molar-refractivity contribution is -0.132. The van der Waals surface area contributed by atoms with E-state index in [-0.39, 0.29) is 12.4 Å². The Morgan fingerprint density at radius 2 is 1.89 bits per heavy atom. The molecule has 0 heterocycles. The smallest absolute Gasteiger partial charge is 0.255 e. The number of carbonyl (C=O) groups is 1. The summed E-state index contributed by atoms with van der Waals surface area (Å²) in [6.45, 7) is -0.582. The molecule has 0 bridgehead atoms. The number of alkyl halides is 2. The van der Waals surface area contributed by atoms with Gasteiger partial charge in [-0.2, -0.15) is 0 Å². The lowest BCUT2D eigenvalue weighted by Crippen LogP contribution is -2.44. The molecule has 3 nitrogen and oxygen atoms in total. The second-order valence-electron chi connectivity index (χ2n) is 3.91. The zero-order valence-electron chi connectivity index (χ0n) is 10.1. The molecule has 0 aliphatic carbocycles. The quantitative estimate of drug-likeness (QED) is 0.891. The van der Waals surface area contributed by atoms with E-state index in [1.807, 2.05) is 30.3 Å². The minimum atomic E-state index is -2.53. The lowest BCUT2D eigenvalue weighted by Gasteiger charge is -2.20. The summed E-state index contributed by atoms with van der Waals surface area (Å²) in [5.41, 5.74) is 6.61. The van der Waals surface area contributed by atoms with E-state index in [0.29, 0.717) is 6.42 Å². The van der Waals surface area contributed by atoms with E-state index in [1.54, 1.807) is 0 Å². The van der Waals surface area contributed by atoms with Crippen LogP contribution in [0.15, 0.2) is 30.3 Å². The summed E-state index contributed by atoms with van der Waals surface area (Å²) >= 11 is 0. The average Bonchev–Trinajstić information content (AvgIpc) is 2.28. The van der Waals surface area contributed by atoms with Crippen LogP contribution in [0.1, 0.15) is 5.56 Å². The van der Waals surface area contributed by atoms with Gasteiger partial charge in [-0.15, -0.1) is 12.4 Å². The third-order valence-corrected chi connectivity index (χ3v) is 2.40. The predicted octanol–water partition coefficient (Wildman–Crippen LogP) is 1.70. The second-order valence-corrected chi connectivity index (χ2v) is 3.91. The fourth-order valence-electron chi connectivity index (χ4n) is 1.54. The van der Waals surface area contributed by atoms with Gasteiger partial charge in [0.1, 0.15) is 0 Å². The molecule has 1 rings (SSSR count). The molecule has 1 amide bonds. The van der Waals surface area contributed by atoms with Crippen LogP contribution in [-0.2, 0) is 11.2 Å². The van der Waals surface area contributed by atoms with E-state index in [9.17, 15) is 13.6 Å². The summed E-state index contributed by atoms with van der Waals surface area (Å²) in [7, 11) is 1.33. The number of carbonyl (C=O) groups excluding carboxylic acids is 1. The van der Waals surface area contributed by atoms with Gasteiger partial charge in [0.25, 0.3) is 6.43 Å². The first-order valence-electron chi connectivity index (χ1n) is 5.33. The molecule has 0 aliphatic rings. The first-order chi connectivity index (χ1) is 8.00. The number of nitrogens with zero attached hydrogens (tertiary/aromatic N) is 1. The lowest BCUT2D eigenvalue weighted by atomic mass is 10.1. The van der Waals surface area contributed by atoms with Crippen molar-refractivity contribution in [2.24, 2.45) is 5.73 Å². The molecule has 1 atom stereocenters. The van der Waals surface area contributed by atoms with Crippen LogP contribution in [0, 0.1) is 0 Å². The molecule has 0 radical (unpaired) electrons. The van der Waals surface area contributed by atoms with Crippen LogP contribution in [0.4, 0.5) is 8.78 Å². The highest BCUT2D eigenvalue weighted by atomic mass is 35.5. The maximum atomic E-state index is 12.1. The summed E-state index contributed by atoms with van der Waals surface area (Å²) in [4.78, 5) is 12.6. The summed E-state index contributed by atoms with van der Waals surface area (Å²) in [5, 5.41) is 0. The Bertz CT molecular complexity index is 362. The van der Waals surface area contributed by atoms with Crippen molar-refractivity contribution in [3.05, 3.63) is 35.9 Å². The van der Waals surface area contributed by atoms with Gasteiger partial charge in [0.05, 0.1) is 12.6 Å². The average molecular weight is 279 g/mol. The Kier molecular flexibility index (Phi) is 7.47. The standard InChI is InChI=1S/C12H16F2N2O.ClH/c1-16(8-11(13)14)12(17)10(15)7-9-5-3-2-4-6-9;/h2-6,10-11H,7-8,15H2,1H3;1H. The van der Waals surface area contributed by atoms with Crippen LogP contribution in [0.5, 0.6) is 0 Å². The zero-order valence-corrected chi connectivity index (χ0v) is 10.9. The maximum Gasteiger partial charge on any atom is 0.255 e. The largest absolute Gasteiger partial charge is 0.339 e. The number of benzene rings is 1. The molecule has 0 aromatic heterocycles. The first-order valence-corrected chi connectivity index (χ1v) is 5.33. The number of likely N-dealkylation sites (N-methyl/N-ethyl adjacent to an activating group) is 1. The summed E-state index contributed by atoms with van der Waals surface area (Å²) in [6, 6.07) is 8.46. The summed E-state index contributed by atoms with van der Waals surface area (Å²) in [6.07, 6.45) is -2.18. The van der Waals surface area contributed by atoms with Gasteiger partial charge in [-0.05, 0) is 12.0 Å². The van der Waals surface area contributed by atoms with E-state index in [2.05, 4.69) is 0 Å². The van der Waals surface area contributed by atoms with E-state index >= 15 is 0 Å². The second kappa shape index (κ2) is 8.00. The van der Waals surface area contributed by atoms with E-state index in [1.165, 1.54) is 7.05 Å². The van der Waals surface area contributed by atoms with Crippen LogP contribution in [0.3, 0.4) is 0 Å². The molecule has 2 N–H and O–H groups in total. The van der Waals surface area contributed by atoms with Crippen molar-refractivity contribution in [2.75, 3.05) is 13.6 Å². The number of hydrogen-bond donors (Lipinski definition) is 1. The normalized spacial score (nSPS) is 11.8. The molecule has 0 fully saturated rings. The van der Waals surface area contributed by atoms with Crippen LogP contribution in [-0.4, -0.2) is 36.9 Å². The fourth-order valence-corrected chi connectivity index (χ4v) is 1.54. The molecular weight excluding hydrogens is 262 g/mol. The molecule has 0 aliphatic heterocycles. The van der Waals surface area contributed by atoms with Crippen molar-refractivity contribution < 1.29 is 13.6 Å². The maximum absolute atomic E-state index is 12.1. The number of amides is 1. The highest BCUT2D eigenvalue weighted by molar-refractivity contribution is 5.85. The fraction of sp³-hybridized carbons (Fsp3) is 0.417. The van der Waals surface area contributed by atoms with E-state index in [0.717, 1.165) is 10.5 Å².